The van der Waals surface area contributed by atoms with Crippen molar-refractivity contribution in [2.75, 3.05) is 33.7 Å². The van der Waals surface area contributed by atoms with E-state index in [1.54, 1.807) is 0 Å². The molecule has 100 valence electrons. The molecule has 3 heteroatoms. The lowest BCUT2D eigenvalue weighted by molar-refractivity contribution is 0.137. The highest BCUT2D eigenvalue weighted by Gasteiger charge is 2.23. The van der Waals surface area contributed by atoms with Gasteiger partial charge in [-0.2, -0.15) is 0 Å². The second-order valence-corrected chi connectivity index (χ2v) is 6.32. The van der Waals surface area contributed by atoms with Crippen molar-refractivity contribution in [3.8, 4) is 0 Å². The van der Waals surface area contributed by atoms with E-state index in [0.29, 0.717) is 6.04 Å². The summed E-state index contributed by atoms with van der Waals surface area (Å²) in [6.45, 7) is 3.56. The average molecular weight is 311 g/mol. The van der Waals surface area contributed by atoms with Crippen LogP contribution in [0.5, 0.6) is 0 Å². The molecule has 2 nitrogen and oxygen atoms in total. The number of likely N-dealkylation sites (N-methyl/N-ethyl adjacent to an activating group) is 1. The number of benzene rings is 1. The molecule has 0 bridgehead atoms. The van der Waals surface area contributed by atoms with Gasteiger partial charge in [0.15, 0.2) is 0 Å². The molecular weight excluding hydrogens is 288 g/mol. The van der Waals surface area contributed by atoms with Crippen LogP contribution < -0.4 is 0 Å². The van der Waals surface area contributed by atoms with E-state index < -0.39 is 0 Å². The highest BCUT2D eigenvalue weighted by Crippen LogP contribution is 2.31. The SMILES string of the molecule is CN(C)CCN1CCCCC1c1ccc(Br)cc1. The zero-order valence-electron chi connectivity index (χ0n) is 11.4. The largest absolute Gasteiger partial charge is 0.308 e. The lowest BCUT2D eigenvalue weighted by atomic mass is 9.95. The molecule has 1 unspecified atom stereocenters. The van der Waals surface area contributed by atoms with Gasteiger partial charge < -0.3 is 4.90 Å². The molecule has 0 radical (unpaired) electrons. The van der Waals surface area contributed by atoms with Crippen LogP contribution >= 0.6 is 15.9 Å². The summed E-state index contributed by atoms with van der Waals surface area (Å²) in [5.41, 5.74) is 1.47. The highest BCUT2D eigenvalue weighted by molar-refractivity contribution is 9.10. The number of halogens is 1. The van der Waals surface area contributed by atoms with Crippen LogP contribution in [0.4, 0.5) is 0 Å². The Balaban J connectivity index is 2.05. The Morgan fingerprint density at radius 3 is 2.61 bits per heavy atom. The van der Waals surface area contributed by atoms with Crippen molar-refractivity contribution in [2.24, 2.45) is 0 Å². The first-order valence-electron chi connectivity index (χ1n) is 6.81. The molecule has 0 aliphatic carbocycles. The van der Waals surface area contributed by atoms with Gasteiger partial charge in [-0.05, 0) is 51.2 Å². The summed E-state index contributed by atoms with van der Waals surface area (Å²) in [5.74, 6) is 0. The third-order valence-electron chi connectivity index (χ3n) is 3.70. The van der Waals surface area contributed by atoms with Crippen molar-refractivity contribution in [2.45, 2.75) is 25.3 Å². The zero-order valence-corrected chi connectivity index (χ0v) is 13.0. The number of rotatable bonds is 4. The fourth-order valence-corrected chi connectivity index (χ4v) is 2.91. The number of hydrogen-bond donors (Lipinski definition) is 0. The first-order valence-corrected chi connectivity index (χ1v) is 7.60. The smallest absolute Gasteiger partial charge is 0.0348 e. The second kappa shape index (κ2) is 6.69. The summed E-state index contributed by atoms with van der Waals surface area (Å²) in [6, 6.07) is 9.47. The molecule has 0 N–H and O–H groups in total. The van der Waals surface area contributed by atoms with Gasteiger partial charge >= 0.3 is 0 Å². The Morgan fingerprint density at radius 1 is 1.22 bits per heavy atom. The van der Waals surface area contributed by atoms with Gasteiger partial charge in [-0.25, -0.2) is 0 Å². The maximum Gasteiger partial charge on any atom is 0.0348 e. The Hall–Kier alpha value is -0.380. The van der Waals surface area contributed by atoms with Gasteiger partial charge in [-0.15, -0.1) is 0 Å². The Kier molecular flexibility index (Phi) is 5.22. The van der Waals surface area contributed by atoms with Crippen molar-refractivity contribution in [3.63, 3.8) is 0 Å². The molecule has 0 aromatic heterocycles. The van der Waals surface area contributed by atoms with Gasteiger partial charge in [-0.1, -0.05) is 34.5 Å². The lowest BCUT2D eigenvalue weighted by Gasteiger charge is -2.36. The molecule has 0 spiro atoms. The third-order valence-corrected chi connectivity index (χ3v) is 4.23. The highest BCUT2D eigenvalue weighted by atomic mass is 79.9. The van der Waals surface area contributed by atoms with Crippen LogP contribution in [0.25, 0.3) is 0 Å². The number of nitrogens with zero attached hydrogens (tertiary/aromatic N) is 2. The Morgan fingerprint density at radius 2 is 1.94 bits per heavy atom. The van der Waals surface area contributed by atoms with Crippen LogP contribution in [0.2, 0.25) is 0 Å². The Bertz CT molecular complexity index is 361. The fraction of sp³-hybridized carbons (Fsp3) is 0.600. The molecule has 0 saturated carbocycles. The zero-order chi connectivity index (χ0) is 13.0. The molecule has 1 aromatic rings. The lowest BCUT2D eigenvalue weighted by Crippen LogP contribution is -2.38. The number of piperidine rings is 1. The first-order chi connectivity index (χ1) is 8.66. The van der Waals surface area contributed by atoms with E-state index in [4.69, 9.17) is 0 Å². The minimum absolute atomic E-state index is 0.617. The van der Waals surface area contributed by atoms with Crippen LogP contribution in [0.3, 0.4) is 0 Å². The summed E-state index contributed by atoms with van der Waals surface area (Å²) in [6.07, 6.45) is 4.01. The predicted octanol–water partition coefficient (Wildman–Crippen LogP) is 3.54. The summed E-state index contributed by atoms with van der Waals surface area (Å²) >= 11 is 3.51. The molecule has 1 fully saturated rings. The van der Waals surface area contributed by atoms with Crippen LogP contribution in [-0.4, -0.2) is 43.5 Å². The molecule has 1 atom stereocenters. The molecule has 18 heavy (non-hydrogen) atoms. The standard InChI is InChI=1S/C15H23BrN2/c1-17(2)11-12-18-10-4-3-5-15(18)13-6-8-14(16)9-7-13/h6-9,15H,3-5,10-12H2,1-2H3. The van der Waals surface area contributed by atoms with Crippen molar-refractivity contribution in [1.82, 2.24) is 9.80 Å². The van der Waals surface area contributed by atoms with Crippen molar-refractivity contribution >= 4 is 15.9 Å². The maximum atomic E-state index is 3.51. The van der Waals surface area contributed by atoms with Crippen molar-refractivity contribution < 1.29 is 0 Å². The van der Waals surface area contributed by atoms with E-state index >= 15 is 0 Å². The van der Waals surface area contributed by atoms with Gasteiger partial charge in [0.25, 0.3) is 0 Å². The van der Waals surface area contributed by atoms with E-state index in [9.17, 15) is 0 Å². The predicted molar refractivity (Wildman–Crippen MR) is 80.9 cm³/mol. The normalized spacial score (nSPS) is 21.4. The summed E-state index contributed by atoms with van der Waals surface area (Å²) in [5, 5.41) is 0. The van der Waals surface area contributed by atoms with Crippen molar-refractivity contribution in [1.29, 1.82) is 0 Å². The average Bonchev–Trinajstić information content (AvgIpc) is 2.38. The van der Waals surface area contributed by atoms with Crippen LogP contribution in [0.15, 0.2) is 28.7 Å². The summed E-state index contributed by atoms with van der Waals surface area (Å²) in [4.78, 5) is 4.92. The molecule has 1 saturated heterocycles. The first kappa shape index (κ1) is 14.0. The van der Waals surface area contributed by atoms with E-state index in [-0.39, 0.29) is 0 Å². The van der Waals surface area contributed by atoms with Crippen LogP contribution in [0.1, 0.15) is 30.9 Å². The molecule has 0 amide bonds. The van der Waals surface area contributed by atoms with E-state index in [0.717, 1.165) is 6.54 Å². The molecule has 1 aliphatic heterocycles. The summed E-state index contributed by atoms with van der Waals surface area (Å²) < 4.78 is 1.17. The minimum Gasteiger partial charge on any atom is -0.308 e. The van der Waals surface area contributed by atoms with E-state index in [2.05, 4.69) is 64.1 Å². The van der Waals surface area contributed by atoms with Crippen LogP contribution in [0, 0.1) is 0 Å². The van der Waals surface area contributed by atoms with Crippen molar-refractivity contribution in [3.05, 3.63) is 34.3 Å². The quantitative estimate of drug-likeness (QED) is 0.839. The molecule has 1 aliphatic rings. The summed E-state index contributed by atoms with van der Waals surface area (Å²) in [7, 11) is 4.30. The van der Waals surface area contributed by atoms with E-state index in [1.165, 1.54) is 42.4 Å². The number of hydrogen-bond acceptors (Lipinski definition) is 2. The van der Waals surface area contributed by atoms with Gasteiger partial charge in [0, 0.05) is 23.6 Å². The number of likely N-dealkylation sites (tertiary alicyclic amines) is 1. The van der Waals surface area contributed by atoms with Gasteiger partial charge in [0.05, 0.1) is 0 Å². The fourth-order valence-electron chi connectivity index (χ4n) is 2.65. The minimum atomic E-state index is 0.617. The monoisotopic (exact) mass is 310 g/mol. The van der Waals surface area contributed by atoms with Gasteiger partial charge in [0.2, 0.25) is 0 Å². The Labute approximate surface area is 119 Å². The topological polar surface area (TPSA) is 6.48 Å². The maximum absolute atomic E-state index is 3.51. The molecule has 1 aromatic carbocycles. The molecule has 2 rings (SSSR count). The third kappa shape index (κ3) is 3.81. The molecular formula is C15H23BrN2. The van der Waals surface area contributed by atoms with Gasteiger partial charge in [0.1, 0.15) is 0 Å². The van der Waals surface area contributed by atoms with Gasteiger partial charge in [-0.3, -0.25) is 4.90 Å². The second-order valence-electron chi connectivity index (χ2n) is 5.40. The molecule has 1 heterocycles. The van der Waals surface area contributed by atoms with Crippen LogP contribution in [-0.2, 0) is 0 Å². The van der Waals surface area contributed by atoms with E-state index in [1.807, 2.05) is 0 Å².